The van der Waals surface area contributed by atoms with Crippen LogP contribution in [0.15, 0.2) is 36.7 Å². The molecule has 1 heterocycles. The van der Waals surface area contributed by atoms with Crippen molar-refractivity contribution in [2.24, 2.45) is 0 Å². The van der Waals surface area contributed by atoms with Gasteiger partial charge in [-0.3, -0.25) is 0 Å². The number of para-hydroxylation sites is 1. The Morgan fingerprint density at radius 2 is 1.85 bits per heavy atom. The Balaban J connectivity index is 2.64. The first-order valence-corrected chi connectivity index (χ1v) is 4.39. The minimum absolute atomic E-state index is 1.27. The van der Waals surface area contributed by atoms with Crippen LogP contribution in [0.25, 0.3) is 5.69 Å². The Kier molecular flexibility index (Phi) is 1.93. The van der Waals surface area contributed by atoms with Crippen LogP contribution in [0.5, 0.6) is 0 Å². The zero-order valence-electron chi connectivity index (χ0n) is 7.91. The molecule has 0 atom stereocenters. The number of nitrogens with zero attached hydrogens (tertiary/aromatic N) is 1. The van der Waals surface area contributed by atoms with E-state index in [0.29, 0.717) is 0 Å². The van der Waals surface area contributed by atoms with Crippen LogP contribution < -0.4 is 0 Å². The highest BCUT2D eigenvalue weighted by molar-refractivity contribution is 5.47. The number of aromatic nitrogens is 1. The summed E-state index contributed by atoms with van der Waals surface area (Å²) < 4.78 is 2.10. The number of aryl methyl sites for hydroxylation is 2. The number of benzene rings is 1. The lowest BCUT2D eigenvalue weighted by Gasteiger charge is -2.10. The average molecular weight is 170 g/mol. The molecular weight excluding hydrogens is 158 g/mol. The van der Waals surface area contributed by atoms with Crippen molar-refractivity contribution in [3.05, 3.63) is 53.9 Å². The highest BCUT2D eigenvalue weighted by Crippen LogP contribution is 2.17. The maximum absolute atomic E-state index is 3.05. The molecule has 0 unspecified atom stereocenters. The minimum Gasteiger partial charge on any atom is -0.323 e. The maximum atomic E-state index is 3.05. The third-order valence-electron chi connectivity index (χ3n) is 2.24. The van der Waals surface area contributed by atoms with E-state index in [1.165, 1.54) is 16.8 Å². The lowest BCUT2D eigenvalue weighted by atomic mass is 10.1. The smallest absolute Gasteiger partial charge is 0.0507 e. The molecule has 0 aliphatic carbocycles. The van der Waals surface area contributed by atoms with Gasteiger partial charge in [0.1, 0.15) is 0 Å². The molecule has 0 aliphatic heterocycles. The predicted octanol–water partition coefficient (Wildman–Crippen LogP) is 2.89. The molecule has 0 saturated heterocycles. The molecule has 1 aromatic carbocycles. The van der Waals surface area contributed by atoms with Gasteiger partial charge in [0, 0.05) is 18.5 Å². The Bertz CT molecular complexity index is 379. The van der Waals surface area contributed by atoms with E-state index in [4.69, 9.17) is 0 Å². The molecule has 0 saturated carbocycles. The van der Waals surface area contributed by atoms with Crippen LogP contribution in [0.3, 0.4) is 0 Å². The second kappa shape index (κ2) is 3.09. The van der Waals surface area contributed by atoms with Crippen LogP contribution in [0.1, 0.15) is 11.1 Å². The molecule has 0 amide bonds. The Morgan fingerprint density at radius 3 is 2.38 bits per heavy atom. The fourth-order valence-corrected chi connectivity index (χ4v) is 1.64. The van der Waals surface area contributed by atoms with E-state index < -0.39 is 0 Å². The molecular formula is C12H12N. The van der Waals surface area contributed by atoms with Crippen molar-refractivity contribution >= 4 is 0 Å². The van der Waals surface area contributed by atoms with Crippen LogP contribution in [-0.4, -0.2) is 4.57 Å². The molecule has 13 heavy (non-hydrogen) atoms. The third-order valence-corrected chi connectivity index (χ3v) is 2.24. The van der Waals surface area contributed by atoms with Crippen molar-refractivity contribution < 1.29 is 0 Å². The highest BCUT2D eigenvalue weighted by Gasteiger charge is 2.01. The van der Waals surface area contributed by atoms with Gasteiger partial charge < -0.3 is 4.57 Å². The van der Waals surface area contributed by atoms with Gasteiger partial charge in [0.25, 0.3) is 0 Å². The first-order valence-electron chi connectivity index (χ1n) is 4.39. The quantitative estimate of drug-likeness (QED) is 0.620. The van der Waals surface area contributed by atoms with Gasteiger partial charge in [-0.15, -0.1) is 0 Å². The minimum atomic E-state index is 1.27. The summed E-state index contributed by atoms with van der Waals surface area (Å²) in [5.41, 5.74) is 3.86. The number of hydrogen-bond acceptors (Lipinski definition) is 0. The lowest BCUT2D eigenvalue weighted by molar-refractivity contribution is 1.04. The van der Waals surface area contributed by atoms with E-state index in [0.717, 1.165) is 0 Å². The SMILES string of the molecule is Cc1cccc(C)c1-n1c[c]cc1. The average Bonchev–Trinajstić information content (AvgIpc) is 2.57. The molecule has 2 rings (SSSR count). The van der Waals surface area contributed by atoms with Crippen LogP contribution in [0.2, 0.25) is 0 Å². The maximum Gasteiger partial charge on any atom is 0.0507 e. The zero-order chi connectivity index (χ0) is 9.26. The van der Waals surface area contributed by atoms with Crippen LogP contribution in [0.4, 0.5) is 0 Å². The highest BCUT2D eigenvalue weighted by atomic mass is 14.9. The molecule has 0 N–H and O–H groups in total. The molecule has 1 aromatic heterocycles. The van der Waals surface area contributed by atoms with Crippen molar-refractivity contribution in [3.8, 4) is 5.69 Å². The van der Waals surface area contributed by atoms with Gasteiger partial charge >= 0.3 is 0 Å². The van der Waals surface area contributed by atoms with Crippen LogP contribution in [0, 0.1) is 19.9 Å². The molecule has 0 aliphatic rings. The van der Waals surface area contributed by atoms with E-state index in [9.17, 15) is 0 Å². The topological polar surface area (TPSA) is 4.93 Å². The van der Waals surface area contributed by atoms with Gasteiger partial charge in [0.2, 0.25) is 0 Å². The summed E-state index contributed by atoms with van der Waals surface area (Å²) in [6.07, 6.45) is 3.98. The largest absolute Gasteiger partial charge is 0.323 e. The fourth-order valence-electron chi connectivity index (χ4n) is 1.64. The molecule has 1 heteroatoms. The summed E-state index contributed by atoms with van der Waals surface area (Å²) >= 11 is 0. The number of rotatable bonds is 1. The van der Waals surface area contributed by atoms with Crippen molar-refractivity contribution in [2.75, 3.05) is 0 Å². The van der Waals surface area contributed by atoms with Gasteiger partial charge in [-0.2, -0.15) is 0 Å². The van der Waals surface area contributed by atoms with E-state index in [2.05, 4.69) is 42.7 Å². The molecule has 2 aromatic rings. The second-order valence-electron chi connectivity index (χ2n) is 3.26. The molecule has 1 nitrogen and oxygen atoms in total. The van der Waals surface area contributed by atoms with E-state index in [1.807, 2.05) is 18.5 Å². The summed E-state index contributed by atoms with van der Waals surface area (Å²) in [6, 6.07) is 11.3. The summed E-state index contributed by atoms with van der Waals surface area (Å²) in [5.74, 6) is 0. The first kappa shape index (κ1) is 8.11. The normalized spacial score (nSPS) is 10.3. The first-order chi connectivity index (χ1) is 6.29. The van der Waals surface area contributed by atoms with E-state index in [1.54, 1.807) is 0 Å². The fraction of sp³-hybridized carbons (Fsp3) is 0.167. The van der Waals surface area contributed by atoms with Crippen molar-refractivity contribution in [3.63, 3.8) is 0 Å². The van der Waals surface area contributed by atoms with Gasteiger partial charge in [-0.1, -0.05) is 18.2 Å². The number of hydrogen-bond donors (Lipinski definition) is 0. The van der Waals surface area contributed by atoms with Gasteiger partial charge in [-0.05, 0) is 31.0 Å². The molecule has 65 valence electrons. The molecule has 0 spiro atoms. The molecule has 1 radical (unpaired) electrons. The molecule has 0 fully saturated rings. The van der Waals surface area contributed by atoms with Gasteiger partial charge in [0.05, 0.1) is 5.69 Å². The van der Waals surface area contributed by atoms with E-state index in [-0.39, 0.29) is 0 Å². The summed E-state index contributed by atoms with van der Waals surface area (Å²) in [4.78, 5) is 0. The predicted molar refractivity (Wildman–Crippen MR) is 54.1 cm³/mol. The lowest BCUT2D eigenvalue weighted by Crippen LogP contribution is -1.96. The monoisotopic (exact) mass is 170 g/mol. The Hall–Kier alpha value is -1.50. The third kappa shape index (κ3) is 1.37. The van der Waals surface area contributed by atoms with Crippen LogP contribution in [-0.2, 0) is 0 Å². The van der Waals surface area contributed by atoms with E-state index >= 15 is 0 Å². The van der Waals surface area contributed by atoms with Gasteiger partial charge in [-0.25, -0.2) is 0 Å². The standard InChI is InChI=1S/C12H12N/c1-10-6-5-7-11(2)12(10)13-8-3-4-9-13/h3,5-9H,1-2H3. The van der Waals surface area contributed by atoms with Crippen molar-refractivity contribution in [1.82, 2.24) is 4.57 Å². The summed E-state index contributed by atoms with van der Waals surface area (Å²) in [5, 5.41) is 0. The van der Waals surface area contributed by atoms with Crippen LogP contribution >= 0.6 is 0 Å². The second-order valence-corrected chi connectivity index (χ2v) is 3.26. The molecule has 0 bridgehead atoms. The zero-order valence-corrected chi connectivity index (χ0v) is 7.91. The van der Waals surface area contributed by atoms with Crippen molar-refractivity contribution in [2.45, 2.75) is 13.8 Å². The van der Waals surface area contributed by atoms with Gasteiger partial charge in [0.15, 0.2) is 0 Å². The summed E-state index contributed by atoms with van der Waals surface area (Å²) in [7, 11) is 0. The Morgan fingerprint density at radius 1 is 1.15 bits per heavy atom. The Labute approximate surface area is 78.6 Å². The van der Waals surface area contributed by atoms with Crippen molar-refractivity contribution in [1.29, 1.82) is 0 Å². The summed E-state index contributed by atoms with van der Waals surface area (Å²) in [6.45, 7) is 4.25.